The topological polar surface area (TPSA) is 76.9 Å². The van der Waals surface area contributed by atoms with Crippen molar-refractivity contribution in [3.63, 3.8) is 0 Å². The van der Waals surface area contributed by atoms with E-state index in [9.17, 15) is 8.42 Å². The molecule has 0 aliphatic heterocycles. The zero-order valence-electron chi connectivity index (χ0n) is 9.68. The summed E-state index contributed by atoms with van der Waals surface area (Å²) in [5.41, 5.74) is 0. The highest BCUT2D eigenvalue weighted by Gasteiger charge is 2.11. The number of aromatic nitrogens is 3. The Morgan fingerprint density at radius 1 is 1.44 bits per heavy atom. The fourth-order valence-electron chi connectivity index (χ4n) is 1.41. The minimum Gasteiger partial charge on any atom is -0.313 e. The number of aryl methyl sites for hydroxylation is 1. The molecule has 1 heterocycles. The monoisotopic (exact) mass is 246 g/mol. The van der Waals surface area contributed by atoms with Crippen molar-refractivity contribution >= 4 is 9.84 Å². The summed E-state index contributed by atoms with van der Waals surface area (Å²) in [4.78, 5) is 4.05. The first-order valence-corrected chi connectivity index (χ1v) is 7.13. The van der Waals surface area contributed by atoms with Gasteiger partial charge in [0.25, 0.3) is 0 Å². The third-order valence-electron chi connectivity index (χ3n) is 2.16. The molecule has 0 aliphatic rings. The molecule has 1 aromatic heterocycles. The van der Waals surface area contributed by atoms with Crippen LogP contribution in [0.15, 0.2) is 6.33 Å². The predicted octanol–water partition coefficient (Wildman–Crippen LogP) is -0.178. The lowest BCUT2D eigenvalue weighted by Gasteiger charge is -2.06. The zero-order chi connectivity index (χ0) is 12.0. The molecule has 0 amide bonds. The molecule has 6 nitrogen and oxygen atoms in total. The Bertz CT molecular complexity index is 413. The molecule has 0 aliphatic carbocycles. The van der Waals surface area contributed by atoms with Crippen molar-refractivity contribution in [2.45, 2.75) is 26.4 Å². The molecule has 1 N–H and O–H groups in total. The molecule has 0 aromatic carbocycles. The molecule has 1 aromatic rings. The standard InChI is InChI=1S/C9H18N4O2S/c1-3-5-16(14,15)6-4-13-9(7-10-2)11-8-12-13/h8,10H,3-7H2,1-2H3. The summed E-state index contributed by atoms with van der Waals surface area (Å²) in [5, 5.41) is 6.96. The van der Waals surface area contributed by atoms with E-state index in [2.05, 4.69) is 15.4 Å². The van der Waals surface area contributed by atoms with Gasteiger partial charge in [0.05, 0.1) is 18.8 Å². The quantitative estimate of drug-likeness (QED) is 0.722. The van der Waals surface area contributed by atoms with Gasteiger partial charge in [-0.25, -0.2) is 18.1 Å². The van der Waals surface area contributed by atoms with Crippen LogP contribution >= 0.6 is 0 Å². The molecular formula is C9H18N4O2S. The number of hydrogen-bond acceptors (Lipinski definition) is 5. The van der Waals surface area contributed by atoms with E-state index in [1.54, 1.807) is 4.68 Å². The maximum Gasteiger partial charge on any atom is 0.152 e. The lowest BCUT2D eigenvalue weighted by Crippen LogP contribution is -2.19. The van der Waals surface area contributed by atoms with Gasteiger partial charge in [0, 0.05) is 5.75 Å². The highest BCUT2D eigenvalue weighted by molar-refractivity contribution is 7.91. The van der Waals surface area contributed by atoms with Crippen LogP contribution in [0, 0.1) is 0 Å². The Hall–Kier alpha value is -0.950. The minimum absolute atomic E-state index is 0.126. The van der Waals surface area contributed by atoms with Gasteiger partial charge in [0.1, 0.15) is 12.2 Å². The molecule has 0 fully saturated rings. The van der Waals surface area contributed by atoms with Crippen molar-refractivity contribution in [1.82, 2.24) is 20.1 Å². The van der Waals surface area contributed by atoms with E-state index in [0.29, 0.717) is 19.5 Å². The average Bonchev–Trinajstić information content (AvgIpc) is 2.63. The largest absolute Gasteiger partial charge is 0.313 e. The number of nitrogens with zero attached hydrogens (tertiary/aromatic N) is 3. The van der Waals surface area contributed by atoms with Crippen LogP contribution in [0.25, 0.3) is 0 Å². The average molecular weight is 246 g/mol. The Morgan fingerprint density at radius 2 is 2.19 bits per heavy atom. The fourth-order valence-corrected chi connectivity index (χ4v) is 2.69. The van der Waals surface area contributed by atoms with Crippen molar-refractivity contribution in [3.8, 4) is 0 Å². The highest BCUT2D eigenvalue weighted by atomic mass is 32.2. The van der Waals surface area contributed by atoms with Crippen LogP contribution in [-0.4, -0.2) is 41.7 Å². The smallest absolute Gasteiger partial charge is 0.152 e. The Kier molecular flexibility index (Phi) is 4.88. The first-order chi connectivity index (χ1) is 7.59. The molecule has 1 rings (SSSR count). The number of rotatable bonds is 7. The van der Waals surface area contributed by atoms with Crippen LogP contribution in [0.3, 0.4) is 0 Å². The van der Waals surface area contributed by atoms with E-state index < -0.39 is 9.84 Å². The van der Waals surface area contributed by atoms with E-state index in [-0.39, 0.29) is 11.5 Å². The minimum atomic E-state index is -2.95. The Morgan fingerprint density at radius 3 is 2.81 bits per heavy atom. The zero-order valence-corrected chi connectivity index (χ0v) is 10.5. The molecule has 0 bridgehead atoms. The lowest BCUT2D eigenvalue weighted by atomic mass is 10.6. The summed E-state index contributed by atoms with van der Waals surface area (Å²) in [6.07, 6.45) is 2.10. The summed E-state index contributed by atoms with van der Waals surface area (Å²) in [5.74, 6) is 1.12. The highest BCUT2D eigenvalue weighted by Crippen LogP contribution is 1.98. The van der Waals surface area contributed by atoms with Crippen molar-refractivity contribution in [2.75, 3.05) is 18.6 Å². The van der Waals surface area contributed by atoms with E-state index in [1.807, 2.05) is 14.0 Å². The molecule has 16 heavy (non-hydrogen) atoms. The maximum atomic E-state index is 11.5. The van der Waals surface area contributed by atoms with Crippen molar-refractivity contribution in [2.24, 2.45) is 0 Å². The van der Waals surface area contributed by atoms with Gasteiger partial charge in [-0.05, 0) is 13.5 Å². The summed E-state index contributed by atoms with van der Waals surface area (Å²) in [6.45, 7) is 2.83. The van der Waals surface area contributed by atoms with E-state index >= 15 is 0 Å². The Labute approximate surface area is 96.0 Å². The predicted molar refractivity (Wildman–Crippen MR) is 61.7 cm³/mol. The van der Waals surface area contributed by atoms with E-state index in [0.717, 1.165) is 5.82 Å². The molecular weight excluding hydrogens is 228 g/mol. The molecule has 0 atom stereocenters. The molecule has 0 radical (unpaired) electrons. The van der Waals surface area contributed by atoms with Crippen molar-refractivity contribution in [1.29, 1.82) is 0 Å². The fraction of sp³-hybridized carbons (Fsp3) is 0.778. The number of sulfone groups is 1. The van der Waals surface area contributed by atoms with Gasteiger partial charge in [-0.2, -0.15) is 5.10 Å². The van der Waals surface area contributed by atoms with Gasteiger partial charge < -0.3 is 5.32 Å². The molecule has 7 heteroatoms. The first kappa shape index (κ1) is 13.1. The van der Waals surface area contributed by atoms with Crippen LogP contribution in [-0.2, 0) is 22.9 Å². The number of hydrogen-bond donors (Lipinski definition) is 1. The van der Waals surface area contributed by atoms with Crippen LogP contribution < -0.4 is 5.32 Å². The van der Waals surface area contributed by atoms with Gasteiger partial charge >= 0.3 is 0 Å². The lowest BCUT2D eigenvalue weighted by molar-refractivity contribution is 0.564. The second-order valence-corrected chi connectivity index (χ2v) is 5.89. The van der Waals surface area contributed by atoms with E-state index in [1.165, 1.54) is 6.33 Å². The van der Waals surface area contributed by atoms with Crippen LogP contribution in [0.1, 0.15) is 19.2 Å². The van der Waals surface area contributed by atoms with Crippen LogP contribution in [0.5, 0.6) is 0 Å². The molecule has 0 saturated carbocycles. The van der Waals surface area contributed by atoms with Crippen molar-refractivity contribution < 1.29 is 8.42 Å². The van der Waals surface area contributed by atoms with Gasteiger partial charge in [0.2, 0.25) is 0 Å². The third-order valence-corrected chi connectivity index (χ3v) is 3.99. The second-order valence-electron chi connectivity index (χ2n) is 3.58. The van der Waals surface area contributed by atoms with Crippen molar-refractivity contribution in [3.05, 3.63) is 12.2 Å². The summed E-state index contributed by atoms with van der Waals surface area (Å²) in [7, 11) is -1.14. The maximum absolute atomic E-state index is 11.5. The summed E-state index contributed by atoms with van der Waals surface area (Å²) < 4.78 is 24.7. The second kappa shape index (κ2) is 5.95. The summed E-state index contributed by atoms with van der Waals surface area (Å²) >= 11 is 0. The van der Waals surface area contributed by atoms with Gasteiger partial charge in [-0.1, -0.05) is 6.92 Å². The Balaban J connectivity index is 2.57. The van der Waals surface area contributed by atoms with Gasteiger partial charge in [0.15, 0.2) is 9.84 Å². The third kappa shape index (κ3) is 3.90. The number of nitrogens with one attached hydrogen (secondary N) is 1. The first-order valence-electron chi connectivity index (χ1n) is 5.30. The van der Waals surface area contributed by atoms with E-state index in [4.69, 9.17) is 0 Å². The SMILES string of the molecule is CCCS(=O)(=O)CCn1ncnc1CNC. The van der Waals surface area contributed by atoms with Gasteiger partial charge in [-0.15, -0.1) is 0 Å². The molecule has 0 unspecified atom stereocenters. The van der Waals surface area contributed by atoms with Crippen LogP contribution in [0.2, 0.25) is 0 Å². The molecule has 92 valence electrons. The molecule has 0 spiro atoms. The summed E-state index contributed by atoms with van der Waals surface area (Å²) in [6, 6.07) is 0. The van der Waals surface area contributed by atoms with Crippen LogP contribution in [0.4, 0.5) is 0 Å². The molecule has 0 saturated heterocycles. The normalized spacial score (nSPS) is 11.9. The van der Waals surface area contributed by atoms with Gasteiger partial charge in [-0.3, -0.25) is 0 Å².